The molecule has 14 heteroatoms. The molecule has 40 heavy (non-hydrogen) atoms. The van der Waals surface area contributed by atoms with Crippen molar-refractivity contribution in [3.63, 3.8) is 0 Å². The van der Waals surface area contributed by atoms with Gasteiger partial charge in [0.2, 0.25) is 11.8 Å². The van der Waals surface area contributed by atoms with E-state index in [-0.39, 0.29) is 54.3 Å². The Labute approximate surface area is 261 Å². The van der Waals surface area contributed by atoms with E-state index < -0.39 is 30.6 Å². The number of hydrogen-bond donors (Lipinski definition) is 4. The van der Waals surface area contributed by atoms with Crippen LogP contribution in [0.1, 0.15) is 54.4 Å². The smallest absolute Gasteiger partial charge is 0.356 e. The van der Waals surface area contributed by atoms with Crippen molar-refractivity contribution in [1.29, 1.82) is 0 Å². The molecule has 0 aromatic carbocycles. The van der Waals surface area contributed by atoms with Gasteiger partial charge in [0.1, 0.15) is 6.29 Å². The van der Waals surface area contributed by atoms with E-state index in [1.54, 1.807) is 5.32 Å². The average molecular weight is 808 g/mol. The largest absolute Gasteiger partial charge is 0.471 e. The number of carbonyl (C=O) groups excluding carboxylic acids is 4. The van der Waals surface area contributed by atoms with Gasteiger partial charge in [-0.1, -0.05) is 41.5 Å². The first kappa shape index (κ1) is 45.5. The number of carbonyl (C=O) groups is 4. The number of hydrogen-bond acceptors (Lipinski definition) is 7. The van der Waals surface area contributed by atoms with Gasteiger partial charge < -0.3 is 31.3 Å². The molecule has 3 atom stereocenters. The summed E-state index contributed by atoms with van der Waals surface area (Å²) in [4.78, 5) is 45.3. The summed E-state index contributed by atoms with van der Waals surface area (Å²) < 4.78 is 35.8. The summed E-state index contributed by atoms with van der Waals surface area (Å²) in [6.07, 6.45) is -3.15. The van der Waals surface area contributed by atoms with E-state index in [0.29, 0.717) is 32.3 Å². The summed E-state index contributed by atoms with van der Waals surface area (Å²) in [6, 6.07) is -0.575. The summed E-state index contributed by atoms with van der Waals surface area (Å²) in [5, 5.41) is 14.1. The number of nitrogens with zero attached hydrogens (tertiary/aromatic N) is 2. The molecule has 0 spiro atoms. The maximum Gasteiger partial charge on any atom is 0.471 e. The van der Waals surface area contributed by atoms with Gasteiger partial charge in [-0.15, -0.1) is 13.2 Å². The number of rotatable bonds is 6. The molecule has 2 heterocycles. The first-order valence-corrected chi connectivity index (χ1v) is 12.8. The van der Waals surface area contributed by atoms with Crippen molar-refractivity contribution >= 4 is 24.0 Å². The zero-order chi connectivity index (χ0) is 31.6. The zero-order valence-corrected chi connectivity index (χ0v) is 29.4. The Morgan fingerprint density at radius 3 is 2.05 bits per heavy atom. The van der Waals surface area contributed by atoms with Crippen LogP contribution in [0.3, 0.4) is 0 Å². The third-order valence-corrected chi connectivity index (χ3v) is 5.76. The first-order valence-electron chi connectivity index (χ1n) is 12.8. The van der Waals surface area contributed by atoms with Crippen molar-refractivity contribution in [2.24, 2.45) is 28.9 Å². The molecule has 2 aliphatic rings. The molecule has 0 radical (unpaired) electrons. The molecule has 3 unspecified atom stereocenters. The number of likely N-dealkylation sites (N-methyl/N-ethyl adjacent to an activating group) is 1. The quantitative estimate of drug-likeness (QED) is 0.184. The molecular weight excluding hydrogens is 757 g/mol. The topological polar surface area (TPSA) is 145 Å². The van der Waals surface area contributed by atoms with Crippen LogP contribution in [-0.4, -0.2) is 91.7 Å². The molecule has 5 N–H and O–H groups in total. The molecule has 2 fully saturated rings. The van der Waals surface area contributed by atoms with Gasteiger partial charge in [0.05, 0.1) is 12.6 Å². The normalized spacial score (nSPS) is 19.5. The Hall–Kier alpha value is -1.46. The van der Waals surface area contributed by atoms with Crippen LogP contribution in [0, 0.1) is 54.3 Å². The molecule has 0 aromatic heterocycles. The molecule has 0 aliphatic carbocycles. The standard InChI is InChI=1S/C11H17F3N2O2.C8H14N2O3.C4H10.C2H4.CH5N.U/c1-7-5-16(6-10(7,2)3)8(17)4-15-9(18)11(12,13)14;1-10(13)7(5-11)4-6-2-3-9-8(6)12;1-4(2)3;2*1-2;/h7H,4-6H2,1-3H3,(H,15,18);5-7,13H,2-4H2,1H3,(H,9,12);4H,1-3H3;1-2H2;2H2,1H3;. The number of alkyl halides is 3. The number of nitrogens with two attached hydrogens (primary N) is 1. The minimum atomic E-state index is -4.95. The molecule has 0 aromatic rings. The predicted molar refractivity (Wildman–Crippen MR) is 146 cm³/mol. The summed E-state index contributed by atoms with van der Waals surface area (Å²) in [6.45, 7) is 19.5. The molecule has 234 valence electrons. The van der Waals surface area contributed by atoms with Crippen LogP contribution in [0.4, 0.5) is 13.2 Å². The van der Waals surface area contributed by atoms with Crippen LogP contribution in [0.15, 0.2) is 13.2 Å². The van der Waals surface area contributed by atoms with Gasteiger partial charge in [0, 0.05) is 63.7 Å². The fourth-order valence-corrected chi connectivity index (χ4v) is 3.31. The number of amides is 3. The molecule has 2 aliphatic heterocycles. The van der Waals surface area contributed by atoms with Crippen LogP contribution < -0.4 is 16.4 Å². The van der Waals surface area contributed by atoms with Crippen LogP contribution in [0.25, 0.3) is 0 Å². The van der Waals surface area contributed by atoms with Crippen molar-refractivity contribution in [2.45, 2.75) is 66.6 Å². The summed E-state index contributed by atoms with van der Waals surface area (Å²) in [7, 11) is 2.91. The van der Waals surface area contributed by atoms with Gasteiger partial charge in [-0.05, 0) is 37.1 Å². The number of nitrogens with one attached hydrogen (secondary N) is 2. The second kappa shape index (κ2) is 23.1. The minimum absolute atomic E-state index is 0. The van der Waals surface area contributed by atoms with Gasteiger partial charge in [-0.2, -0.15) is 18.2 Å². The van der Waals surface area contributed by atoms with Crippen LogP contribution in [-0.2, 0) is 19.2 Å². The second-order valence-electron chi connectivity index (χ2n) is 10.4. The van der Waals surface area contributed by atoms with Crippen molar-refractivity contribution < 1.29 is 68.7 Å². The van der Waals surface area contributed by atoms with E-state index in [9.17, 15) is 32.3 Å². The fourth-order valence-electron chi connectivity index (χ4n) is 3.31. The average Bonchev–Trinajstić information content (AvgIpc) is 3.38. The second-order valence-corrected chi connectivity index (χ2v) is 10.4. The third kappa shape index (κ3) is 19.6. The number of likely N-dealkylation sites (tertiary alicyclic amines) is 1. The molecule has 10 nitrogen and oxygen atoms in total. The monoisotopic (exact) mass is 807 g/mol. The summed E-state index contributed by atoms with van der Waals surface area (Å²) >= 11 is 0. The van der Waals surface area contributed by atoms with E-state index in [0.717, 1.165) is 17.4 Å². The number of hydroxylamine groups is 2. The Kier molecular flexibility index (Phi) is 26.3. The van der Waals surface area contributed by atoms with Gasteiger partial charge in [-0.25, -0.2) is 0 Å². The Morgan fingerprint density at radius 1 is 1.27 bits per heavy atom. The molecule has 3 amide bonds. The predicted octanol–water partition coefficient (Wildman–Crippen LogP) is 2.61. The number of aldehydes is 1. The van der Waals surface area contributed by atoms with E-state index in [4.69, 9.17) is 5.21 Å². The van der Waals surface area contributed by atoms with E-state index in [1.165, 1.54) is 19.0 Å². The maximum atomic E-state index is 11.9. The zero-order valence-electron chi connectivity index (χ0n) is 25.2. The SMILES string of the molecule is C=C.CC(C)C.CC1CN(C(=O)CNC(=O)C(F)(F)F)CC1(C)C.CN.CN(O)C(C=O)CC1CCNC1=O.[U]. The van der Waals surface area contributed by atoms with Gasteiger partial charge in [0.25, 0.3) is 0 Å². The minimum Gasteiger partial charge on any atom is -0.356 e. The maximum absolute atomic E-state index is 11.9. The van der Waals surface area contributed by atoms with Crippen molar-refractivity contribution in [1.82, 2.24) is 20.6 Å². The molecule has 0 bridgehead atoms. The Morgan fingerprint density at radius 2 is 1.75 bits per heavy atom. The van der Waals surface area contributed by atoms with Gasteiger partial charge in [-0.3, -0.25) is 14.4 Å². The molecule has 2 rings (SSSR count). The van der Waals surface area contributed by atoms with E-state index >= 15 is 0 Å². The van der Waals surface area contributed by atoms with Crippen LogP contribution in [0.2, 0.25) is 0 Å². The van der Waals surface area contributed by atoms with Crippen LogP contribution >= 0.6 is 0 Å². The van der Waals surface area contributed by atoms with Crippen molar-refractivity contribution in [3.05, 3.63) is 13.2 Å². The van der Waals surface area contributed by atoms with Crippen molar-refractivity contribution in [2.75, 3.05) is 40.3 Å². The fraction of sp³-hybridized carbons (Fsp3) is 0.769. The van der Waals surface area contributed by atoms with E-state index in [2.05, 4.69) is 45.0 Å². The molecule has 0 saturated carbocycles. The van der Waals surface area contributed by atoms with Crippen molar-refractivity contribution in [3.8, 4) is 0 Å². The first-order chi connectivity index (χ1) is 17.9. The summed E-state index contributed by atoms with van der Waals surface area (Å²) in [5.74, 6) is -1.61. The Balaban J connectivity index is -0.000000258. The van der Waals surface area contributed by atoms with Gasteiger partial charge >= 0.3 is 12.1 Å². The summed E-state index contributed by atoms with van der Waals surface area (Å²) in [5.41, 5.74) is 4.45. The molecular formula is C26H50F3N5O5U. The Bertz CT molecular complexity index is 737. The number of halogens is 3. The van der Waals surface area contributed by atoms with Gasteiger partial charge in [0.15, 0.2) is 0 Å². The molecule has 2 saturated heterocycles. The van der Waals surface area contributed by atoms with E-state index in [1.807, 2.05) is 20.8 Å². The van der Waals surface area contributed by atoms with Crippen LogP contribution in [0.5, 0.6) is 0 Å². The third-order valence-electron chi connectivity index (χ3n) is 5.76.